The van der Waals surface area contributed by atoms with E-state index in [2.05, 4.69) is 36.4 Å². The van der Waals surface area contributed by atoms with Gasteiger partial charge in [0.05, 0.1) is 13.2 Å². The Labute approximate surface area is 220 Å². The average Bonchev–Trinajstić information content (AvgIpc) is 2.89. The van der Waals surface area contributed by atoms with Gasteiger partial charge in [0.25, 0.3) is 0 Å². The number of carbonyl (C=O) groups excluding carboxylic acids is 1. The standard InChI is InChI=1S/C30H36N2O3S/c1-29(2,3)35-28(33)31(4)26(27(36)32(5)34-6)22-30(23-16-10-7-11-17-23,24-18-12-8-13-19-24)25-20-14-9-15-21-25/h7-21,26H,22H2,1-6H3/t26-/m1/s1. The molecular formula is C30H36N2O3S. The Kier molecular flexibility index (Phi) is 8.88. The van der Waals surface area contributed by atoms with Crippen LogP contribution in [0.15, 0.2) is 91.0 Å². The highest BCUT2D eigenvalue weighted by Crippen LogP contribution is 2.44. The highest BCUT2D eigenvalue weighted by atomic mass is 32.1. The van der Waals surface area contributed by atoms with Crippen molar-refractivity contribution in [3.05, 3.63) is 108 Å². The second kappa shape index (κ2) is 11.7. The van der Waals surface area contributed by atoms with Crippen molar-refractivity contribution >= 4 is 23.3 Å². The molecule has 0 aliphatic carbocycles. The lowest BCUT2D eigenvalue weighted by Gasteiger charge is -2.42. The number of rotatable bonds is 8. The Morgan fingerprint density at radius 3 is 1.53 bits per heavy atom. The zero-order valence-corrected chi connectivity index (χ0v) is 22.8. The second-order valence-corrected chi connectivity index (χ2v) is 10.3. The average molecular weight is 505 g/mol. The summed E-state index contributed by atoms with van der Waals surface area (Å²) in [5, 5.41) is 1.53. The van der Waals surface area contributed by atoms with E-state index in [1.54, 1.807) is 26.1 Å². The van der Waals surface area contributed by atoms with Crippen LogP contribution in [-0.2, 0) is 15.0 Å². The van der Waals surface area contributed by atoms with Gasteiger partial charge < -0.3 is 9.64 Å². The molecule has 0 saturated carbocycles. The Morgan fingerprint density at radius 1 is 0.806 bits per heavy atom. The lowest BCUT2D eigenvalue weighted by molar-refractivity contribution is -0.0460. The largest absolute Gasteiger partial charge is 0.444 e. The fourth-order valence-corrected chi connectivity index (χ4v) is 4.78. The first-order chi connectivity index (χ1) is 17.1. The van der Waals surface area contributed by atoms with E-state index in [1.807, 2.05) is 75.4 Å². The minimum absolute atomic E-state index is 0.442. The molecule has 0 N–H and O–H groups in total. The number of carbonyl (C=O) groups is 1. The first kappa shape index (κ1) is 27.4. The third-order valence-corrected chi connectivity index (χ3v) is 6.85. The first-order valence-corrected chi connectivity index (χ1v) is 12.4. The number of likely N-dealkylation sites (N-methyl/N-ethyl adjacent to an activating group) is 2. The molecule has 0 aliphatic rings. The van der Waals surface area contributed by atoms with Gasteiger partial charge >= 0.3 is 6.09 Å². The van der Waals surface area contributed by atoms with Gasteiger partial charge in [-0.2, -0.15) is 0 Å². The lowest BCUT2D eigenvalue weighted by Crippen LogP contribution is -2.52. The van der Waals surface area contributed by atoms with E-state index in [4.69, 9.17) is 21.8 Å². The van der Waals surface area contributed by atoms with Crippen molar-refractivity contribution in [1.29, 1.82) is 0 Å². The summed E-state index contributed by atoms with van der Waals surface area (Å²) in [5.74, 6) is 0. The third kappa shape index (κ3) is 6.12. The van der Waals surface area contributed by atoms with Crippen LogP contribution >= 0.6 is 12.2 Å². The predicted octanol–water partition coefficient (Wildman–Crippen LogP) is 6.47. The van der Waals surface area contributed by atoms with Crippen LogP contribution in [0.1, 0.15) is 43.9 Å². The van der Waals surface area contributed by atoms with Crippen molar-refractivity contribution in [1.82, 2.24) is 9.96 Å². The molecule has 5 nitrogen and oxygen atoms in total. The highest BCUT2D eigenvalue weighted by molar-refractivity contribution is 7.80. The molecular weight excluding hydrogens is 468 g/mol. The number of thiocarbonyl (C=S) groups is 1. The number of hydrogen-bond donors (Lipinski definition) is 0. The Hall–Kier alpha value is -3.22. The molecule has 1 atom stereocenters. The fourth-order valence-electron chi connectivity index (χ4n) is 4.46. The molecule has 0 unspecified atom stereocenters. The Bertz CT molecular complexity index is 1030. The summed E-state index contributed by atoms with van der Waals surface area (Å²) in [6.45, 7) is 5.57. The molecule has 0 saturated heterocycles. The zero-order chi connectivity index (χ0) is 26.3. The molecule has 3 rings (SSSR count). The van der Waals surface area contributed by atoms with Crippen LogP contribution in [0.5, 0.6) is 0 Å². The van der Waals surface area contributed by atoms with Gasteiger partial charge in [-0.3, -0.25) is 4.84 Å². The van der Waals surface area contributed by atoms with E-state index >= 15 is 0 Å². The molecule has 3 aromatic rings. The molecule has 0 bridgehead atoms. The number of benzene rings is 3. The molecule has 6 heteroatoms. The highest BCUT2D eigenvalue weighted by Gasteiger charge is 2.42. The zero-order valence-electron chi connectivity index (χ0n) is 22.0. The van der Waals surface area contributed by atoms with Crippen molar-refractivity contribution in [2.75, 3.05) is 21.2 Å². The lowest BCUT2D eigenvalue weighted by atomic mass is 9.65. The van der Waals surface area contributed by atoms with Gasteiger partial charge in [-0.1, -0.05) is 103 Å². The van der Waals surface area contributed by atoms with E-state index in [1.165, 1.54) is 5.06 Å². The van der Waals surface area contributed by atoms with Gasteiger partial charge in [0.2, 0.25) is 0 Å². The number of amides is 1. The topological polar surface area (TPSA) is 42.0 Å². The van der Waals surface area contributed by atoms with Gasteiger partial charge in [0.1, 0.15) is 10.6 Å². The molecule has 1 amide bonds. The molecule has 0 fully saturated rings. The first-order valence-electron chi connectivity index (χ1n) is 12.0. The van der Waals surface area contributed by atoms with Crippen molar-refractivity contribution in [2.24, 2.45) is 0 Å². The molecule has 190 valence electrons. The van der Waals surface area contributed by atoms with E-state index in [9.17, 15) is 4.79 Å². The van der Waals surface area contributed by atoms with Crippen LogP contribution in [-0.4, -0.2) is 53.9 Å². The van der Waals surface area contributed by atoms with Crippen LogP contribution < -0.4 is 0 Å². The molecule has 0 spiro atoms. The maximum Gasteiger partial charge on any atom is 0.410 e. The second-order valence-electron chi connectivity index (χ2n) is 9.83. The minimum atomic E-state index is -0.639. The fraction of sp³-hybridized carbons (Fsp3) is 0.333. The van der Waals surface area contributed by atoms with E-state index in [-0.39, 0.29) is 0 Å². The van der Waals surface area contributed by atoms with Crippen molar-refractivity contribution < 1.29 is 14.4 Å². The maximum atomic E-state index is 13.3. The Balaban J connectivity index is 2.26. The summed E-state index contributed by atoms with van der Waals surface area (Å²) in [6, 6.07) is 30.6. The third-order valence-electron chi connectivity index (χ3n) is 6.32. The predicted molar refractivity (Wildman–Crippen MR) is 149 cm³/mol. The molecule has 0 aromatic heterocycles. The van der Waals surface area contributed by atoms with Gasteiger partial charge in [-0.05, 0) is 43.9 Å². The number of hydrogen-bond acceptors (Lipinski definition) is 4. The number of hydroxylamine groups is 2. The monoisotopic (exact) mass is 504 g/mol. The SMILES string of the molecule is CON(C)C(=S)[C@@H](CC(c1ccccc1)(c1ccccc1)c1ccccc1)N(C)C(=O)OC(C)(C)C. The smallest absolute Gasteiger partial charge is 0.410 e. The minimum Gasteiger partial charge on any atom is -0.444 e. The van der Waals surface area contributed by atoms with Gasteiger partial charge in [0, 0.05) is 19.5 Å². The van der Waals surface area contributed by atoms with Crippen LogP contribution in [0.3, 0.4) is 0 Å². The van der Waals surface area contributed by atoms with Crippen LogP contribution in [0.25, 0.3) is 0 Å². The quantitative estimate of drug-likeness (QED) is 0.200. The summed E-state index contributed by atoms with van der Waals surface area (Å²) in [7, 11) is 5.06. The van der Waals surface area contributed by atoms with Crippen LogP contribution in [0.4, 0.5) is 4.79 Å². The Morgan fingerprint density at radius 2 is 1.19 bits per heavy atom. The van der Waals surface area contributed by atoms with Crippen molar-refractivity contribution in [3.8, 4) is 0 Å². The van der Waals surface area contributed by atoms with Crippen LogP contribution in [0, 0.1) is 0 Å². The van der Waals surface area contributed by atoms with Crippen LogP contribution in [0.2, 0.25) is 0 Å². The van der Waals surface area contributed by atoms with Gasteiger partial charge in [-0.25, -0.2) is 9.86 Å². The summed E-state index contributed by atoms with van der Waals surface area (Å²) >= 11 is 5.90. The number of ether oxygens (including phenoxy) is 1. The van der Waals surface area contributed by atoms with E-state index in [0.29, 0.717) is 11.4 Å². The number of nitrogens with zero attached hydrogens (tertiary/aromatic N) is 2. The normalized spacial score (nSPS) is 12.5. The molecule has 0 aliphatic heterocycles. The molecule has 0 radical (unpaired) electrons. The summed E-state index contributed by atoms with van der Waals surface area (Å²) in [4.78, 5) is 20.8. The van der Waals surface area contributed by atoms with Crippen molar-refractivity contribution in [2.45, 2.75) is 44.2 Å². The summed E-state index contributed by atoms with van der Waals surface area (Å²) in [6.07, 6.45) is 0.0373. The van der Waals surface area contributed by atoms with Gasteiger partial charge in [0.15, 0.2) is 0 Å². The van der Waals surface area contributed by atoms with Crippen molar-refractivity contribution in [3.63, 3.8) is 0 Å². The summed E-state index contributed by atoms with van der Waals surface area (Å²) < 4.78 is 5.74. The van der Waals surface area contributed by atoms with Gasteiger partial charge in [-0.15, -0.1) is 0 Å². The molecule has 0 heterocycles. The molecule has 3 aromatic carbocycles. The molecule has 36 heavy (non-hydrogen) atoms. The van der Waals surface area contributed by atoms with E-state index < -0.39 is 23.2 Å². The maximum absolute atomic E-state index is 13.3. The summed E-state index contributed by atoms with van der Waals surface area (Å²) in [5.41, 5.74) is 2.07. The van der Waals surface area contributed by atoms with E-state index in [0.717, 1.165) is 16.7 Å².